The van der Waals surface area contributed by atoms with Gasteiger partial charge in [-0.2, -0.15) is 0 Å². The monoisotopic (exact) mass is 458 g/mol. The van der Waals surface area contributed by atoms with Gasteiger partial charge in [0.15, 0.2) is 52.2 Å². The summed E-state index contributed by atoms with van der Waals surface area (Å²) in [7, 11) is 0. The van der Waals surface area contributed by atoms with Crippen LogP contribution in [0, 0.1) is 52.4 Å². The van der Waals surface area contributed by atoms with E-state index in [1.165, 1.54) is 24.3 Å². The molecule has 0 saturated heterocycles. The maximum atomic E-state index is 14.9. The van der Waals surface area contributed by atoms with Crippen LogP contribution < -0.4 is 10.2 Å². The standard InChI is InChI=1S/C21H7F9N2/c22-11-7-5-6-21(10-12(23)15(26)17(28)16(27)13(10)24)31-8-3-1-2-4-9(8)32(21)20(7)19(30)18(29)14(11)25/h1-6,31H. The highest BCUT2D eigenvalue weighted by Gasteiger charge is 2.53. The number of benzene rings is 3. The Balaban J connectivity index is 1.94. The van der Waals surface area contributed by atoms with Crippen LogP contribution in [0.4, 0.5) is 56.6 Å². The van der Waals surface area contributed by atoms with E-state index in [2.05, 4.69) is 5.32 Å². The Labute approximate surface area is 173 Å². The molecule has 0 fully saturated rings. The Kier molecular flexibility index (Phi) is 4.08. The van der Waals surface area contributed by atoms with E-state index < -0.39 is 74.8 Å². The molecule has 0 amide bonds. The number of nitrogens with one attached hydrogen (secondary N) is 1. The van der Waals surface area contributed by atoms with Crippen LogP contribution in [-0.2, 0) is 5.66 Å². The first kappa shape index (κ1) is 20.3. The molecule has 2 nitrogen and oxygen atoms in total. The number of hydrogen-bond acceptors (Lipinski definition) is 2. The highest BCUT2D eigenvalue weighted by atomic mass is 19.2. The zero-order valence-corrected chi connectivity index (χ0v) is 15.3. The number of rotatable bonds is 1. The third-order valence-electron chi connectivity index (χ3n) is 5.41. The molecule has 1 unspecified atom stereocenters. The minimum Gasteiger partial charge on any atom is -0.353 e. The average molecular weight is 458 g/mol. The van der Waals surface area contributed by atoms with Gasteiger partial charge in [0.05, 0.1) is 22.6 Å². The molecule has 0 aromatic heterocycles. The summed E-state index contributed by atoms with van der Waals surface area (Å²) in [4.78, 5) is 0.622. The van der Waals surface area contributed by atoms with E-state index in [4.69, 9.17) is 0 Å². The van der Waals surface area contributed by atoms with Gasteiger partial charge in [-0.25, -0.2) is 39.5 Å². The Hall–Kier alpha value is -3.63. The second-order valence-corrected chi connectivity index (χ2v) is 7.04. The predicted molar refractivity (Wildman–Crippen MR) is 95.4 cm³/mol. The van der Waals surface area contributed by atoms with E-state index in [0.717, 1.165) is 6.08 Å². The minimum atomic E-state index is -2.53. The number of hydrogen-bond donors (Lipinski definition) is 1. The summed E-state index contributed by atoms with van der Waals surface area (Å²) >= 11 is 0. The Morgan fingerprint density at radius 1 is 0.625 bits per heavy atom. The van der Waals surface area contributed by atoms with Gasteiger partial charge in [0.2, 0.25) is 5.82 Å². The van der Waals surface area contributed by atoms with E-state index in [0.29, 0.717) is 11.0 Å². The summed E-state index contributed by atoms with van der Waals surface area (Å²) < 4.78 is 129. The predicted octanol–water partition coefficient (Wildman–Crippen LogP) is 6.38. The van der Waals surface area contributed by atoms with Crippen LogP contribution in [0.25, 0.3) is 6.08 Å². The molecule has 164 valence electrons. The van der Waals surface area contributed by atoms with Gasteiger partial charge in [0, 0.05) is 5.56 Å². The van der Waals surface area contributed by atoms with Crippen molar-refractivity contribution < 1.29 is 39.5 Å². The van der Waals surface area contributed by atoms with Gasteiger partial charge >= 0.3 is 0 Å². The van der Waals surface area contributed by atoms with Gasteiger partial charge in [-0.1, -0.05) is 12.1 Å². The van der Waals surface area contributed by atoms with Crippen molar-refractivity contribution in [2.45, 2.75) is 5.66 Å². The molecule has 2 aliphatic heterocycles. The topological polar surface area (TPSA) is 15.3 Å². The number of para-hydroxylation sites is 2. The molecule has 0 spiro atoms. The summed E-state index contributed by atoms with van der Waals surface area (Å²) in [6.45, 7) is 0. The molecule has 0 bridgehead atoms. The fraction of sp³-hybridized carbons (Fsp3) is 0.0476. The van der Waals surface area contributed by atoms with Gasteiger partial charge in [-0.15, -0.1) is 0 Å². The lowest BCUT2D eigenvalue weighted by Crippen LogP contribution is -2.48. The lowest BCUT2D eigenvalue weighted by molar-refractivity contribution is 0.357. The van der Waals surface area contributed by atoms with Gasteiger partial charge in [-0.05, 0) is 24.3 Å². The summed E-state index contributed by atoms with van der Waals surface area (Å²) in [6.07, 6.45) is 1.44. The minimum absolute atomic E-state index is 0.0125. The maximum Gasteiger partial charge on any atom is 0.200 e. The number of nitrogens with zero attached hydrogens (tertiary/aromatic N) is 1. The molecule has 1 N–H and O–H groups in total. The van der Waals surface area contributed by atoms with Crippen LogP contribution in [0.15, 0.2) is 30.3 Å². The maximum absolute atomic E-state index is 14.9. The fourth-order valence-electron chi connectivity index (χ4n) is 4.05. The van der Waals surface area contributed by atoms with Crippen LogP contribution in [0.1, 0.15) is 11.1 Å². The molecular weight excluding hydrogens is 451 g/mol. The van der Waals surface area contributed by atoms with Crippen molar-refractivity contribution in [2.24, 2.45) is 0 Å². The van der Waals surface area contributed by atoms with Crippen LogP contribution in [-0.4, -0.2) is 0 Å². The van der Waals surface area contributed by atoms with Crippen molar-refractivity contribution in [3.05, 3.63) is 93.8 Å². The molecule has 11 heteroatoms. The number of fused-ring (bicyclic) bond motifs is 5. The molecule has 2 heterocycles. The van der Waals surface area contributed by atoms with Crippen molar-refractivity contribution in [2.75, 3.05) is 10.2 Å². The van der Waals surface area contributed by atoms with Crippen LogP contribution in [0.5, 0.6) is 0 Å². The third kappa shape index (κ3) is 2.28. The molecule has 0 aliphatic carbocycles. The lowest BCUT2D eigenvalue weighted by atomic mass is 9.90. The summed E-state index contributed by atoms with van der Waals surface area (Å²) in [6, 6.07) is 5.38. The van der Waals surface area contributed by atoms with Crippen LogP contribution in [0.3, 0.4) is 0 Å². The lowest BCUT2D eigenvalue weighted by Gasteiger charge is -2.41. The quantitative estimate of drug-likeness (QED) is 0.259. The first-order chi connectivity index (χ1) is 15.1. The molecule has 0 saturated carbocycles. The van der Waals surface area contributed by atoms with Gasteiger partial charge in [-0.3, -0.25) is 0 Å². The second kappa shape index (κ2) is 6.44. The fourth-order valence-corrected chi connectivity index (χ4v) is 4.05. The van der Waals surface area contributed by atoms with E-state index in [1.54, 1.807) is 0 Å². The first-order valence-corrected chi connectivity index (χ1v) is 8.86. The van der Waals surface area contributed by atoms with Gasteiger partial charge < -0.3 is 10.2 Å². The summed E-state index contributed by atoms with van der Waals surface area (Å²) in [5, 5.41) is 2.54. The zero-order valence-electron chi connectivity index (χ0n) is 15.3. The second-order valence-electron chi connectivity index (χ2n) is 7.04. The molecule has 32 heavy (non-hydrogen) atoms. The highest BCUT2D eigenvalue weighted by Crippen LogP contribution is 2.56. The Morgan fingerprint density at radius 2 is 1.16 bits per heavy atom. The number of anilines is 3. The summed E-state index contributed by atoms with van der Waals surface area (Å²) in [5.74, 6) is -19.5. The van der Waals surface area contributed by atoms with Gasteiger partial charge in [0.25, 0.3) is 0 Å². The first-order valence-electron chi connectivity index (χ1n) is 8.86. The van der Waals surface area contributed by atoms with E-state index >= 15 is 0 Å². The smallest absolute Gasteiger partial charge is 0.200 e. The molecular formula is C21H7F9N2. The van der Waals surface area contributed by atoms with Crippen molar-refractivity contribution >= 4 is 23.1 Å². The van der Waals surface area contributed by atoms with E-state index in [1.807, 2.05) is 0 Å². The highest BCUT2D eigenvalue weighted by molar-refractivity contribution is 5.92. The van der Waals surface area contributed by atoms with E-state index in [9.17, 15) is 39.5 Å². The van der Waals surface area contributed by atoms with Crippen molar-refractivity contribution in [1.29, 1.82) is 0 Å². The molecule has 5 rings (SSSR count). The van der Waals surface area contributed by atoms with Crippen LogP contribution in [0.2, 0.25) is 0 Å². The van der Waals surface area contributed by atoms with Crippen molar-refractivity contribution in [3.63, 3.8) is 0 Å². The van der Waals surface area contributed by atoms with E-state index in [-0.39, 0.29) is 11.4 Å². The number of halogens is 9. The average Bonchev–Trinajstić information content (AvgIpc) is 3.13. The van der Waals surface area contributed by atoms with Crippen LogP contribution >= 0.6 is 0 Å². The summed E-state index contributed by atoms with van der Waals surface area (Å²) in [5.41, 5.74) is -5.90. The zero-order chi connectivity index (χ0) is 23.1. The molecule has 1 atom stereocenters. The molecule has 3 aromatic rings. The Morgan fingerprint density at radius 3 is 1.81 bits per heavy atom. The molecule has 3 aromatic carbocycles. The third-order valence-corrected chi connectivity index (χ3v) is 5.41. The SMILES string of the molecule is Fc1c(F)c(F)c(C23C=Cc4c(F)c(F)c(F)c(F)c4N2c2ccccc2N3)c(F)c1F. The van der Waals surface area contributed by atoms with Crippen molar-refractivity contribution in [3.8, 4) is 0 Å². The van der Waals surface area contributed by atoms with Crippen molar-refractivity contribution in [1.82, 2.24) is 0 Å². The molecule has 0 radical (unpaired) electrons. The Bertz CT molecular complexity index is 1340. The van der Waals surface area contributed by atoms with Gasteiger partial charge in [0.1, 0.15) is 0 Å². The largest absolute Gasteiger partial charge is 0.353 e. The normalized spacial score (nSPS) is 18.3. The molecule has 2 aliphatic rings.